The molecule has 0 radical (unpaired) electrons. The van der Waals surface area contributed by atoms with E-state index >= 15 is 0 Å². The summed E-state index contributed by atoms with van der Waals surface area (Å²) in [6, 6.07) is 12.1. The Kier molecular flexibility index (Phi) is 4.29. The molecule has 30 heavy (non-hydrogen) atoms. The van der Waals surface area contributed by atoms with Crippen molar-refractivity contribution < 1.29 is 0 Å². The van der Waals surface area contributed by atoms with Crippen molar-refractivity contribution >= 4 is 22.4 Å². The van der Waals surface area contributed by atoms with Crippen LogP contribution in [0.3, 0.4) is 0 Å². The maximum absolute atomic E-state index is 5.43. The van der Waals surface area contributed by atoms with Gasteiger partial charge in [-0.1, -0.05) is 12.0 Å². The van der Waals surface area contributed by atoms with Gasteiger partial charge in [-0.05, 0) is 42.8 Å². The summed E-state index contributed by atoms with van der Waals surface area (Å²) in [5.41, 5.74) is 7.98. The van der Waals surface area contributed by atoms with Crippen LogP contribution in [0.15, 0.2) is 53.8 Å². The second-order valence-corrected chi connectivity index (χ2v) is 7.42. The Labute approximate surface area is 174 Å². The monoisotopic (exact) mass is 392 g/mol. The van der Waals surface area contributed by atoms with E-state index in [9.17, 15) is 0 Å². The number of amidine groups is 1. The van der Waals surface area contributed by atoms with E-state index in [1.165, 1.54) is 0 Å². The molecule has 1 aliphatic heterocycles. The smallest absolute Gasteiger partial charge is 0.152 e. The first-order chi connectivity index (χ1) is 14.6. The summed E-state index contributed by atoms with van der Waals surface area (Å²) in [7, 11) is 1.97. The molecule has 0 amide bonds. The number of aromatic nitrogens is 4. The highest BCUT2D eigenvalue weighted by Crippen LogP contribution is 2.28. The van der Waals surface area contributed by atoms with E-state index < -0.39 is 0 Å². The standard InChI is InChI=1S/C24H20N6/c1-4-16-7-8-18(26-13-16)11-20-22-15(2)10-19(12-21(22)30(3)29-20)28-24-23-17(14-27-24)6-5-9-25-23/h1,5-10,12-13H,11,14H2,2-3H3,(H,27,28). The molecular formula is C24H20N6. The molecule has 6 heteroatoms. The number of nitrogens with one attached hydrogen (secondary N) is 1. The fourth-order valence-corrected chi connectivity index (χ4v) is 3.92. The van der Waals surface area contributed by atoms with Gasteiger partial charge in [0.05, 0.1) is 17.8 Å². The molecule has 6 nitrogen and oxygen atoms in total. The minimum absolute atomic E-state index is 0.653. The summed E-state index contributed by atoms with van der Waals surface area (Å²) in [4.78, 5) is 13.5. The number of hydrogen-bond donors (Lipinski definition) is 1. The summed E-state index contributed by atoms with van der Waals surface area (Å²) in [5, 5.41) is 9.36. The van der Waals surface area contributed by atoms with Crippen molar-refractivity contribution in [1.29, 1.82) is 0 Å². The van der Waals surface area contributed by atoms with Crippen molar-refractivity contribution in [3.8, 4) is 12.3 Å². The highest BCUT2D eigenvalue weighted by molar-refractivity contribution is 6.10. The molecule has 1 N–H and O–H groups in total. The molecule has 0 fully saturated rings. The normalized spacial score (nSPS) is 12.5. The zero-order valence-corrected chi connectivity index (χ0v) is 16.8. The van der Waals surface area contributed by atoms with E-state index in [2.05, 4.69) is 51.3 Å². The summed E-state index contributed by atoms with van der Waals surface area (Å²) in [5.74, 6) is 3.41. The minimum Gasteiger partial charge on any atom is -0.339 e. The molecule has 0 saturated carbocycles. The average Bonchev–Trinajstić information content (AvgIpc) is 3.30. The van der Waals surface area contributed by atoms with Gasteiger partial charge in [0.2, 0.25) is 0 Å². The van der Waals surface area contributed by atoms with Crippen LogP contribution in [-0.2, 0) is 20.0 Å². The van der Waals surface area contributed by atoms with Crippen LogP contribution in [0.25, 0.3) is 10.9 Å². The van der Waals surface area contributed by atoms with Gasteiger partial charge in [-0.15, -0.1) is 6.42 Å². The van der Waals surface area contributed by atoms with Gasteiger partial charge in [-0.2, -0.15) is 5.10 Å². The summed E-state index contributed by atoms with van der Waals surface area (Å²) >= 11 is 0. The van der Waals surface area contributed by atoms with E-state index in [0.717, 1.165) is 56.2 Å². The van der Waals surface area contributed by atoms with Gasteiger partial charge < -0.3 is 5.32 Å². The lowest BCUT2D eigenvalue weighted by molar-refractivity contribution is 0.771. The number of benzene rings is 1. The van der Waals surface area contributed by atoms with Crippen molar-refractivity contribution in [2.45, 2.75) is 19.9 Å². The maximum atomic E-state index is 5.43. The Bertz CT molecular complexity index is 1340. The topological polar surface area (TPSA) is 68.0 Å². The number of aliphatic imine (C=N–C) groups is 1. The van der Waals surface area contributed by atoms with E-state index in [-0.39, 0.29) is 0 Å². The molecule has 4 heterocycles. The molecule has 0 unspecified atom stereocenters. The van der Waals surface area contributed by atoms with Crippen molar-refractivity contribution in [1.82, 2.24) is 19.7 Å². The van der Waals surface area contributed by atoms with Gasteiger partial charge in [0.25, 0.3) is 0 Å². The highest BCUT2D eigenvalue weighted by atomic mass is 15.3. The molecule has 0 saturated heterocycles. The number of nitrogens with zero attached hydrogens (tertiary/aromatic N) is 5. The Morgan fingerprint density at radius 2 is 2.10 bits per heavy atom. The summed E-state index contributed by atoms with van der Waals surface area (Å²) < 4.78 is 1.92. The van der Waals surface area contributed by atoms with Crippen LogP contribution in [0.4, 0.5) is 5.69 Å². The van der Waals surface area contributed by atoms with Crippen molar-refractivity contribution in [2.24, 2.45) is 12.0 Å². The predicted molar refractivity (Wildman–Crippen MR) is 119 cm³/mol. The number of hydrogen-bond acceptors (Lipinski definition) is 5. The quantitative estimate of drug-likeness (QED) is 0.541. The van der Waals surface area contributed by atoms with Crippen molar-refractivity contribution in [3.63, 3.8) is 0 Å². The summed E-state index contributed by atoms with van der Waals surface area (Å²) in [6.07, 6.45) is 9.60. The van der Waals surface area contributed by atoms with Crippen LogP contribution in [0.2, 0.25) is 0 Å². The lowest BCUT2D eigenvalue weighted by Crippen LogP contribution is -2.13. The van der Waals surface area contributed by atoms with Gasteiger partial charge >= 0.3 is 0 Å². The predicted octanol–water partition coefficient (Wildman–Crippen LogP) is 3.62. The molecule has 1 aliphatic rings. The van der Waals surface area contributed by atoms with Crippen LogP contribution < -0.4 is 5.32 Å². The SMILES string of the molecule is C#Cc1ccc(Cc2nn(C)c3cc(NC4=NCc5cccnc54)cc(C)c23)nc1. The molecular weight excluding hydrogens is 372 g/mol. The van der Waals surface area contributed by atoms with Gasteiger partial charge in [0.15, 0.2) is 5.84 Å². The van der Waals surface area contributed by atoms with E-state index in [1.54, 1.807) is 12.4 Å². The third kappa shape index (κ3) is 3.11. The fraction of sp³-hybridized carbons (Fsp3) is 0.167. The second kappa shape index (κ2) is 7.12. The van der Waals surface area contributed by atoms with Crippen LogP contribution >= 0.6 is 0 Å². The molecule has 0 bridgehead atoms. The van der Waals surface area contributed by atoms with Gasteiger partial charge in [-0.25, -0.2) is 0 Å². The highest BCUT2D eigenvalue weighted by Gasteiger charge is 2.18. The maximum Gasteiger partial charge on any atom is 0.152 e. The largest absolute Gasteiger partial charge is 0.339 e. The molecule has 0 spiro atoms. The van der Waals surface area contributed by atoms with Gasteiger partial charge in [0.1, 0.15) is 5.69 Å². The Morgan fingerprint density at radius 1 is 1.20 bits per heavy atom. The molecule has 5 rings (SSSR count). The molecule has 3 aromatic heterocycles. The van der Waals surface area contributed by atoms with Crippen molar-refractivity contribution in [3.05, 3.63) is 82.6 Å². The third-order valence-corrected chi connectivity index (χ3v) is 5.35. The first-order valence-corrected chi connectivity index (χ1v) is 9.76. The molecule has 1 aromatic carbocycles. The van der Waals surface area contributed by atoms with Gasteiger partial charge in [0, 0.05) is 53.8 Å². The van der Waals surface area contributed by atoms with Crippen LogP contribution in [0.5, 0.6) is 0 Å². The number of aryl methyl sites for hydroxylation is 2. The zero-order chi connectivity index (χ0) is 20.7. The number of pyridine rings is 2. The molecule has 0 aliphatic carbocycles. The molecule has 146 valence electrons. The van der Waals surface area contributed by atoms with Crippen LogP contribution in [0, 0.1) is 19.3 Å². The zero-order valence-electron chi connectivity index (χ0n) is 16.8. The number of anilines is 1. The lowest BCUT2D eigenvalue weighted by Gasteiger charge is -2.09. The van der Waals surface area contributed by atoms with Crippen LogP contribution in [-0.4, -0.2) is 25.6 Å². The van der Waals surface area contributed by atoms with Crippen LogP contribution in [0.1, 0.15) is 33.8 Å². The summed E-state index contributed by atoms with van der Waals surface area (Å²) in [6.45, 7) is 2.77. The minimum atomic E-state index is 0.653. The Balaban J connectivity index is 1.48. The Morgan fingerprint density at radius 3 is 2.90 bits per heavy atom. The Hall–Kier alpha value is -3.98. The third-order valence-electron chi connectivity index (χ3n) is 5.35. The fourth-order valence-electron chi connectivity index (χ4n) is 3.92. The average molecular weight is 392 g/mol. The molecule has 4 aromatic rings. The second-order valence-electron chi connectivity index (χ2n) is 7.42. The van der Waals surface area contributed by atoms with E-state index in [4.69, 9.17) is 11.5 Å². The number of terminal acetylenes is 1. The van der Waals surface area contributed by atoms with Gasteiger partial charge in [-0.3, -0.25) is 19.6 Å². The van der Waals surface area contributed by atoms with E-state index in [0.29, 0.717) is 13.0 Å². The first-order valence-electron chi connectivity index (χ1n) is 9.76. The first kappa shape index (κ1) is 18.1. The number of rotatable bonds is 3. The molecule has 0 atom stereocenters. The van der Waals surface area contributed by atoms with Crippen molar-refractivity contribution in [2.75, 3.05) is 5.32 Å². The lowest BCUT2D eigenvalue weighted by atomic mass is 10.0. The number of fused-ring (bicyclic) bond motifs is 2. The van der Waals surface area contributed by atoms with E-state index in [1.807, 2.05) is 29.9 Å².